The highest BCUT2D eigenvalue weighted by atomic mass is 16.5. The van der Waals surface area contributed by atoms with E-state index < -0.39 is 0 Å². The molecule has 0 radical (unpaired) electrons. The Hall–Kier alpha value is -0.120. The van der Waals surface area contributed by atoms with Crippen LogP contribution in [-0.2, 0) is 4.74 Å². The van der Waals surface area contributed by atoms with Crippen LogP contribution in [0.4, 0.5) is 0 Å². The molecule has 2 fully saturated rings. The van der Waals surface area contributed by atoms with E-state index in [0.29, 0.717) is 12.1 Å². The van der Waals surface area contributed by atoms with Gasteiger partial charge in [0.05, 0.1) is 6.10 Å². The van der Waals surface area contributed by atoms with Gasteiger partial charge in [0.25, 0.3) is 0 Å². The summed E-state index contributed by atoms with van der Waals surface area (Å²) in [5, 5.41) is 0. The van der Waals surface area contributed by atoms with E-state index in [-0.39, 0.29) is 0 Å². The Morgan fingerprint density at radius 3 is 2.58 bits per heavy atom. The maximum absolute atomic E-state index is 5.86. The smallest absolute Gasteiger partial charge is 0.0580 e. The number of hydrogen-bond acceptors (Lipinski definition) is 3. The fourth-order valence-electron chi connectivity index (χ4n) is 4.24. The molecule has 2 aliphatic rings. The van der Waals surface area contributed by atoms with E-state index in [0.717, 1.165) is 24.4 Å². The quantitative estimate of drug-likeness (QED) is 0.550. The molecule has 2 aliphatic carbocycles. The highest BCUT2D eigenvalue weighted by Gasteiger charge is 2.36. The predicted octanol–water partition coefficient (Wildman–Crippen LogP) is 3.24. The summed E-state index contributed by atoms with van der Waals surface area (Å²) in [4.78, 5) is 0. The van der Waals surface area contributed by atoms with Gasteiger partial charge >= 0.3 is 0 Å². The first-order valence-corrected chi connectivity index (χ1v) is 8.36. The van der Waals surface area contributed by atoms with Crippen LogP contribution < -0.4 is 11.3 Å². The lowest BCUT2D eigenvalue weighted by Crippen LogP contribution is -2.47. The average Bonchev–Trinajstić information content (AvgIpc) is 2.41. The monoisotopic (exact) mass is 268 g/mol. The minimum absolute atomic E-state index is 0.526. The summed E-state index contributed by atoms with van der Waals surface area (Å²) in [6.45, 7) is 5.28. The lowest BCUT2D eigenvalue weighted by atomic mass is 9.69. The van der Waals surface area contributed by atoms with Gasteiger partial charge in [-0.25, -0.2) is 0 Å². The molecule has 0 aromatic carbocycles. The zero-order valence-corrected chi connectivity index (χ0v) is 12.7. The number of hydrazine groups is 1. The van der Waals surface area contributed by atoms with Crippen LogP contribution in [0.1, 0.15) is 65.2 Å². The maximum Gasteiger partial charge on any atom is 0.0580 e. The van der Waals surface area contributed by atoms with Crippen LogP contribution in [0.5, 0.6) is 0 Å². The van der Waals surface area contributed by atoms with Crippen molar-refractivity contribution in [3.8, 4) is 0 Å². The summed E-state index contributed by atoms with van der Waals surface area (Å²) in [6, 6.07) is 0.526. The predicted molar refractivity (Wildman–Crippen MR) is 79.6 cm³/mol. The van der Waals surface area contributed by atoms with Gasteiger partial charge in [-0.2, -0.15) is 0 Å². The van der Waals surface area contributed by atoms with Crippen molar-refractivity contribution in [3.63, 3.8) is 0 Å². The Kier molecular flexibility index (Phi) is 6.11. The molecule has 0 saturated heterocycles. The molecule has 3 N–H and O–H groups in total. The number of nitrogens with two attached hydrogens (primary N) is 1. The van der Waals surface area contributed by atoms with Gasteiger partial charge in [-0.05, 0) is 50.4 Å². The average molecular weight is 268 g/mol. The van der Waals surface area contributed by atoms with Crippen LogP contribution >= 0.6 is 0 Å². The standard InChI is InChI=1S/C16H32N2O/c1-3-13-7-5-6-8-15(13)16(18-17)11-12-9-14(10-12)19-4-2/h12-16,18H,3-11,17H2,1-2H3. The van der Waals surface area contributed by atoms with Gasteiger partial charge in [0.1, 0.15) is 0 Å². The molecule has 0 heterocycles. The highest BCUT2D eigenvalue weighted by Crippen LogP contribution is 2.40. The summed E-state index contributed by atoms with van der Waals surface area (Å²) >= 11 is 0. The third kappa shape index (κ3) is 3.93. The Morgan fingerprint density at radius 2 is 1.95 bits per heavy atom. The molecular formula is C16H32N2O. The second-order valence-corrected chi connectivity index (χ2v) is 6.54. The van der Waals surface area contributed by atoms with Crippen LogP contribution in [0.15, 0.2) is 0 Å². The van der Waals surface area contributed by atoms with Crippen LogP contribution in [0, 0.1) is 17.8 Å². The van der Waals surface area contributed by atoms with Crippen molar-refractivity contribution < 1.29 is 4.74 Å². The molecular weight excluding hydrogens is 236 g/mol. The van der Waals surface area contributed by atoms with Crippen LogP contribution in [0.25, 0.3) is 0 Å². The number of nitrogens with one attached hydrogen (secondary N) is 1. The molecule has 3 unspecified atom stereocenters. The summed E-state index contributed by atoms with van der Waals surface area (Å²) < 4.78 is 5.66. The fraction of sp³-hybridized carbons (Fsp3) is 1.00. The van der Waals surface area contributed by atoms with Gasteiger partial charge in [-0.15, -0.1) is 0 Å². The molecule has 0 spiro atoms. The fourth-order valence-corrected chi connectivity index (χ4v) is 4.24. The SMILES string of the molecule is CCOC1CC(CC(NN)C2CCCCC2CC)C1. The molecule has 0 aromatic rings. The Morgan fingerprint density at radius 1 is 1.21 bits per heavy atom. The highest BCUT2D eigenvalue weighted by molar-refractivity contribution is 4.89. The van der Waals surface area contributed by atoms with E-state index in [1.54, 1.807) is 0 Å². The molecule has 19 heavy (non-hydrogen) atoms. The Bertz CT molecular complexity index is 253. The summed E-state index contributed by atoms with van der Waals surface area (Å²) in [7, 11) is 0. The first-order chi connectivity index (χ1) is 9.28. The van der Waals surface area contributed by atoms with Crippen molar-refractivity contribution in [1.82, 2.24) is 5.43 Å². The minimum atomic E-state index is 0.526. The second kappa shape index (κ2) is 7.61. The molecule has 2 saturated carbocycles. The zero-order valence-electron chi connectivity index (χ0n) is 12.7. The van der Waals surface area contributed by atoms with Crippen LogP contribution in [0.2, 0.25) is 0 Å². The molecule has 0 aliphatic heterocycles. The molecule has 3 heteroatoms. The van der Waals surface area contributed by atoms with Crippen molar-refractivity contribution in [2.75, 3.05) is 6.61 Å². The third-order valence-electron chi connectivity index (χ3n) is 5.41. The number of rotatable bonds is 7. The molecule has 3 atom stereocenters. The topological polar surface area (TPSA) is 47.3 Å². The van der Waals surface area contributed by atoms with E-state index in [9.17, 15) is 0 Å². The number of hydrogen-bond donors (Lipinski definition) is 2. The summed E-state index contributed by atoms with van der Waals surface area (Å²) in [6.07, 6.45) is 11.2. The van der Waals surface area contributed by atoms with Gasteiger partial charge in [-0.1, -0.05) is 32.6 Å². The van der Waals surface area contributed by atoms with E-state index >= 15 is 0 Å². The van der Waals surface area contributed by atoms with Crippen molar-refractivity contribution >= 4 is 0 Å². The molecule has 0 bridgehead atoms. The van der Waals surface area contributed by atoms with Crippen molar-refractivity contribution in [3.05, 3.63) is 0 Å². The second-order valence-electron chi connectivity index (χ2n) is 6.54. The van der Waals surface area contributed by atoms with Crippen LogP contribution in [0.3, 0.4) is 0 Å². The molecule has 2 rings (SSSR count). The third-order valence-corrected chi connectivity index (χ3v) is 5.41. The zero-order chi connectivity index (χ0) is 13.7. The summed E-state index contributed by atoms with van der Waals surface area (Å²) in [5.74, 6) is 8.38. The van der Waals surface area contributed by atoms with E-state index in [4.69, 9.17) is 10.6 Å². The molecule has 0 amide bonds. The largest absolute Gasteiger partial charge is 0.378 e. The van der Waals surface area contributed by atoms with Gasteiger partial charge in [0, 0.05) is 12.6 Å². The lowest BCUT2D eigenvalue weighted by Gasteiger charge is -2.42. The minimum Gasteiger partial charge on any atom is -0.378 e. The van der Waals surface area contributed by atoms with E-state index in [2.05, 4.69) is 19.3 Å². The van der Waals surface area contributed by atoms with Crippen molar-refractivity contribution in [2.45, 2.75) is 77.4 Å². The van der Waals surface area contributed by atoms with Crippen LogP contribution in [-0.4, -0.2) is 18.8 Å². The van der Waals surface area contributed by atoms with Gasteiger partial charge < -0.3 is 4.74 Å². The van der Waals surface area contributed by atoms with E-state index in [1.807, 2.05) is 0 Å². The summed E-state index contributed by atoms with van der Waals surface area (Å²) in [5.41, 5.74) is 3.14. The lowest BCUT2D eigenvalue weighted by molar-refractivity contribution is -0.0326. The van der Waals surface area contributed by atoms with E-state index in [1.165, 1.54) is 51.4 Å². The molecule has 112 valence electrons. The molecule has 3 nitrogen and oxygen atoms in total. The van der Waals surface area contributed by atoms with Crippen molar-refractivity contribution in [1.29, 1.82) is 0 Å². The maximum atomic E-state index is 5.86. The number of ether oxygens (including phenoxy) is 1. The van der Waals surface area contributed by atoms with Gasteiger partial charge in [0.2, 0.25) is 0 Å². The van der Waals surface area contributed by atoms with Gasteiger partial charge in [0.15, 0.2) is 0 Å². The molecule has 0 aromatic heterocycles. The first-order valence-electron chi connectivity index (χ1n) is 8.36. The Balaban J connectivity index is 1.79. The van der Waals surface area contributed by atoms with Gasteiger partial charge in [-0.3, -0.25) is 11.3 Å². The normalized spacial score (nSPS) is 36.8. The first kappa shape index (κ1) is 15.3. The van der Waals surface area contributed by atoms with Crippen molar-refractivity contribution in [2.24, 2.45) is 23.6 Å². The Labute approximate surface area is 118 Å².